The fraction of sp³-hybridized carbons (Fsp3) is 0.364. The van der Waals surface area contributed by atoms with Gasteiger partial charge in [-0.15, -0.1) is 0 Å². The van der Waals surface area contributed by atoms with Crippen molar-refractivity contribution in [3.63, 3.8) is 0 Å². The molecule has 6 nitrogen and oxygen atoms in total. The highest BCUT2D eigenvalue weighted by Gasteiger charge is 2.25. The van der Waals surface area contributed by atoms with Gasteiger partial charge in [-0.25, -0.2) is 9.37 Å². The van der Waals surface area contributed by atoms with Gasteiger partial charge in [-0.1, -0.05) is 13.8 Å². The topological polar surface area (TPSA) is 66.2 Å². The Morgan fingerprint density at radius 3 is 2.59 bits per heavy atom. The van der Waals surface area contributed by atoms with Crippen LogP contribution < -0.4 is 5.32 Å². The van der Waals surface area contributed by atoms with E-state index in [0.717, 1.165) is 47.7 Å². The minimum Gasteiger partial charge on any atom is -0.374 e. The average Bonchev–Trinajstić information content (AvgIpc) is 3.07. The number of pyridine rings is 1. The predicted molar refractivity (Wildman–Crippen MR) is 112 cm³/mol. The summed E-state index contributed by atoms with van der Waals surface area (Å²) in [4.78, 5) is 6.62. The molecule has 3 aromatic rings. The van der Waals surface area contributed by atoms with Crippen LogP contribution in [0, 0.1) is 11.7 Å². The van der Waals surface area contributed by atoms with Gasteiger partial charge in [0.1, 0.15) is 23.6 Å². The Balaban J connectivity index is 1.82. The minimum atomic E-state index is -0.679. The number of benzene rings is 1. The van der Waals surface area contributed by atoms with Gasteiger partial charge in [0.15, 0.2) is 0 Å². The molecule has 0 bridgehead atoms. The number of nitrogens with one attached hydrogen (secondary N) is 1. The molecule has 2 N–H and O–H groups in total. The summed E-state index contributed by atoms with van der Waals surface area (Å²) in [7, 11) is 2.09. The number of nitrogens with zero attached hydrogens (tertiary/aromatic N) is 4. The number of fused-ring (bicyclic) bond motifs is 1. The molecule has 0 spiro atoms. The smallest absolute Gasteiger partial charge is 0.128 e. The second-order valence-corrected chi connectivity index (χ2v) is 7.90. The van der Waals surface area contributed by atoms with Crippen molar-refractivity contribution in [1.82, 2.24) is 19.7 Å². The molecule has 0 saturated heterocycles. The maximum absolute atomic E-state index is 13.5. The fourth-order valence-corrected chi connectivity index (χ4v) is 3.54. The van der Waals surface area contributed by atoms with Gasteiger partial charge >= 0.3 is 0 Å². The Bertz CT molecular complexity index is 999. The zero-order valence-electron chi connectivity index (χ0n) is 16.9. The Morgan fingerprint density at radius 1 is 1.10 bits per heavy atom. The first kappa shape index (κ1) is 19.5. The second kappa shape index (κ2) is 7.93. The van der Waals surface area contributed by atoms with Crippen LogP contribution in [0.1, 0.15) is 19.5 Å². The summed E-state index contributed by atoms with van der Waals surface area (Å²) >= 11 is 0. The highest BCUT2D eigenvalue weighted by molar-refractivity contribution is 5.83. The van der Waals surface area contributed by atoms with Crippen LogP contribution in [0.5, 0.6) is 0 Å². The molecule has 0 amide bonds. The molecule has 1 aliphatic heterocycles. The third-order valence-electron chi connectivity index (χ3n) is 5.26. The molecule has 7 heteroatoms. The first-order valence-corrected chi connectivity index (χ1v) is 9.87. The second-order valence-electron chi connectivity index (χ2n) is 7.90. The van der Waals surface area contributed by atoms with Crippen LogP contribution in [0.25, 0.3) is 22.4 Å². The molecular formula is C22H26FN5O. The molecule has 0 aliphatic carbocycles. The molecule has 1 aliphatic rings. The van der Waals surface area contributed by atoms with Crippen LogP contribution >= 0.6 is 0 Å². The number of aliphatic hydroxyl groups is 1. The Kier molecular flexibility index (Phi) is 5.34. The monoisotopic (exact) mass is 395 g/mol. The zero-order chi connectivity index (χ0) is 20.5. The zero-order valence-corrected chi connectivity index (χ0v) is 16.9. The van der Waals surface area contributed by atoms with E-state index in [1.807, 2.05) is 30.7 Å². The van der Waals surface area contributed by atoms with Crippen LogP contribution in [-0.4, -0.2) is 44.6 Å². The SMILES string of the molecule is CC(C)C(O)Nc1cc(-c2c(-c3ccc(F)cc3)nn3c2CN(C)CC3)ccn1. The van der Waals surface area contributed by atoms with Crippen molar-refractivity contribution in [1.29, 1.82) is 0 Å². The van der Waals surface area contributed by atoms with Gasteiger partial charge in [-0.2, -0.15) is 5.10 Å². The van der Waals surface area contributed by atoms with E-state index < -0.39 is 6.23 Å². The third-order valence-corrected chi connectivity index (χ3v) is 5.26. The third kappa shape index (κ3) is 4.02. The summed E-state index contributed by atoms with van der Waals surface area (Å²) in [5.41, 5.74) is 4.82. The number of likely N-dealkylation sites (N-methyl/N-ethyl adjacent to an activating group) is 1. The number of aromatic nitrogens is 3. The van der Waals surface area contributed by atoms with E-state index in [0.29, 0.717) is 5.82 Å². The number of halogens is 1. The van der Waals surface area contributed by atoms with Gasteiger partial charge in [0, 0.05) is 30.4 Å². The lowest BCUT2D eigenvalue weighted by molar-refractivity contribution is 0.152. The average molecular weight is 395 g/mol. The number of rotatable bonds is 5. The van der Waals surface area contributed by atoms with Crippen molar-refractivity contribution in [2.75, 3.05) is 18.9 Å². The molecule has 1 aromatic carbocycles. The summed E-state index contributed by atoms with van der Waals surface area (Å²) in [5, 5.41) is 18.1. The van der Waals surface area contributed by atoms with E-state index >= 15 is 0 Å². The number of aliphatic hydroxyl groups excluding tert-OH is 1. The molecule has 1 unspecified atom stereocenters. The summed E-state index contributed by atoms with van der Waals surface area (Å²) < 4.78 is 15.5. The number of hydrogen-bond donors (Lipinski definition) is 2. The van der Waals surface area contributed by atoms with Crippen molar-refractivity contribution in [3.8, 4) is 22.4 Å². The van der Waals surface area contributed by atoms with Gasteiger partial charge in [-0.3, -0.25) is 9.58 Å². The highest BCUT2D eigenvalue weighted by atomic mass is 19.1. The van der Waals surface area contributed by atoms with E-state index in [2.05, 4.69) is 22.2 Å². The molecule has 152 valence electrons. The molecular weight excluding hydrogens is 369 g/mol. The van der Waals surface area contributed by atoms with Gasteiger partial charge in [0.05, 0.1) is 12.2 Å². The summed E-state index contributed by atoms with van der Waals surface area (Å²) in [6.07, 6.45) is 1.05. The minimum absolute atomic E-state index is 0.0628. The van der Waals surface area contributed by atoms with E-state index in [9.17, 15) is 9.50 Å². The van der Waals surface area contributed by atoms with Crippen LogP contribution in [-0.2, 0) is 13.1 Å². The van der Waals surface area contributed by atoms with Crippen molar-refractivity contribution < 1.29 is 9.50 Å². The van der Waals surface area contributed by atoms with Crippen LogP contribution in [0.15, 0.2) is 42.6 Å². The first-order valence-electron chi connectivity index (χ1n) is 9.87. The molecule has 0 radical (unpaired) electrons. The van der Waals surface area contributed by atoms with E-state index in [1.54, 1.807) is 18.3 Å². The number of hydrogen-bond acceptors (Lipinski definition) is 5. The Morgan fingerprint density at radius 2 is 1.86 bits per heavy atom. The maximum atomic E-state index is 13.5. The molecule has 0 saturated carbocycles. The highest BCUT2D eigenvalue weighted by Crippen LogP contribution is 2.37. The van der Waals surface area contributed by atoms with Crippen molar-refractivity contribution >= 4 is 5.82 Å². The molecule has 4 rings (SSSR count). The predicted octanol–water partition coefficient (Wildman–Crippen LogP) is 3.58. The Hall–Kier alpha value is -2.77. The van der Waals surface area contributed by atoms with Gasteiger partial charge in [0.25, 0.3) is 0 Å². The van der Waals surface area contributed by atoms with Gasteiger partial charge < -0.3 is 10.4 Å². The number of anilines is 1. The lowest BCUT2D eigenvalue weighted by Crippen LogP contribution is -2.30. The standard InChI is InChI=1S/C22H26FN5O/c1-14(2)22(29)25-19-12-16(8-9-24-19)20-18-13-27(3)10-11-28(18)26-21(20)15-4-6-17(23)7-5-15/h4-9,12,14,22,29H,10-11,13H2,1-3H3,(H,24,25). The fourth-order valence-electron chi connectivity index (χ4n) is 3.54. The first-order chi connectivity index (χ1) is 13.9. The normalized spacial score (nSPS) is 15.4. The summed E-state index contributed by atoms with van der Waals surface area (Å²) in [6, 6.07) is 10.3. The maximum Gasteiger partial charge on any atom is 0.128 e. The van der Waals surface area contributed by atoms with Crippen molar-refractivity contribution in [2.24, 2.45) is 5.92 Å². The molecule has 29 heavy (non-hydrogen) atoms. The van der Waals surface area contributed by atoms with E-state index in [1.165, 1.54) is 12.1 Å². The van der Waals surface area contributed by atoms with Gasteiger partial charge in [0.2, 0.25) is 0 Å². The van der Waals surface area contributed by atoms with Crippen LogP contribution in [0.3, 0.4) is 0 Å². The molecule has 1 atom stereocenters. The molecule has 3 heterocycles. The van der Waals surface area contributed by atoms with Crippen LogP contribution in [0.4, 0.5) is 10.2 Å². The summed E-state index contributed by atoms with van der Waals surface area (Å²) in [5.74, 6) is 0.405. The molecule has 0 fully saturated rings. The quantitative estimate of drug-likeness (QED) is 0.647. The summed E-state index contributed by atoms with van der Waals surface area (Å²) in [6.45, 7) is 6.41. The van der Waals surface area contributed by atoms with Crippen molar-refractivity contribution in [2.45, 2.75) is 33.2 Å². The Labute approximate surface area is 170 Å². The molecule has 2 aromatic heterocycles. The van der Waals surface area contributed by atoms with E-state index in [-0.39, 0.29) is 11.7 Å². The van der Waals surface area contributed by atoms with Crippen molar-refractivity contribution in [3.05, 3.63) is 54.1 Å². The largest absolute Gasteiger partial charge is 0.374 e. The lowest BCUT2D eigenvalue weighted by atomic mass is 9.98. The lowest BCUT2D eigenvalue weighted by Gasteiger charge is -2.24. The van der Waals surface area contributed by atoms with Crippen LogP contribution in [0.2, 0.25) is 0 Å². The van der Waals surface area contributed by atoms with E-state index in [4.69, 9.17) is 5.10 Å². The van der Waals surface area contributed by atoms with Gasteiger partial charge in [-0.05, 0) is 54.9 Å².